The van der Waals surface area contributed by atoms with Crippen LogP contribution in [-0.2, 0) is 9.53 Å². The first kappa shape index (κ1) is 13.9. The molecule has 0 amide bonds. The second-order valence-corrected chi connectivity index (χ2v) is 6.05. The summed E-state index contributed by atoms with van der Waals surface area (Å²) in [6.45, 7) is 8.55. The Morgan fingerprint density at radius 1 is 1.42 bits per heavy atom. The van der Waals surface area contributed by atoms with Crippen LogP contribution >= 0.6 is 0 Å². The van der Waals surface area contributed by atoms with Crippen molar-refractivity contribution < 1.29 is 9.53 Å². The molecule has 1 aromatic rings. The molecule has 3 nitrogen and oxygen atoms in total. The molecule has 1 heterocycles. The van der Waals surface area contributed by atoms with E-state index in [-0.39, 0.29) is 17.6 Å². The molecule has 104 valence electrons. The molecular weight excluding hydrogens is 238 g/mol. The van der Waals surface area contributed by atoms with Gasteiger partial charge in [0.15, 0.2) is 0 Å². The molecule has 1 aliphatic rings. The zero-order chi connectivity index (χ0) is 14.2. The summed E-state index contributed by atoms with van der Waals surface area (Å²) in [6, 6.07) is 8.09. The van der Waals surface area contributed by atoms with Crippen LogP contribution in [0.2, 0.25) is 0 Å². The normalized spacial score (nSPS) is 22.6. The van der Waals surface area contributed by atoms with E-state index in [0.29, 0.717) is 5.92 Å². The molecule has 19 heavy (non-hydrogen) atoms. The third-order valence-electron chi connectivity index (χ3n) is 4.11. The van der Waals surface area contributed by atoms with Crippen molar-refractivity contribution in [2.24, 2.45) is 0 Å². The first-order chi connectivity index (χ1) is 8.88. The highest BCUT2D eigenvalue weighted by Gasteiger charge is 2.40. The molecule has 2 unspecified atom stereocenters. The second kappa shape index (κ2) is 4.87. The third-order valence-corrected chi connectivity index (χ3v) is 4.11. The molecule has 0 saturated carbocycles. The van der Waals surface area contributed by atoms with Gasteiger partial charge in [-0.05, 0) is 44.7 Å². The van der Waals surface area contributed by atoms with E-state index in [2.05, 4.69) is 43.9 Å². The van der Waals surface area contributed by atoms with Crippen molar-refractivity contribution in [3.05, 3.63) is 29.8 Å². The number of hydrogen-bond acceptors (Lipinski definition) is 3. The van der Waals surface area contributed by atoms with Crippen molar-refractivity contribution >= 4 is 11.7 Å². The van der Waals surface area contributed by atoms with Crippen molar-refractivity contribution in [2.45, 2.75) is 51.6 Å². The number of methoxy groups -OCH3 is 1. The molecule has 0 aromatic heterocycles. The minimum Gasteiger partial charge on any atom is -0.467 e. The van der Waals surface area contributed by atoms with E-state index in [1.807, 2.05) is 13.0 Å². The Morgan fingerprint density at radius 3 is 2.68 bits per heavy atom. The largest absolute Gasteiger partial charge is 0.467 e. The molecule has 3 heteroatoms. The molecule has 0 radical (unpaired) electrons. The fourth-order valence-electron chi connectivity index (χ4n) is 3.42. The average molecular weight is 261 g/mol. The molecule has 0 N–H and O–H groups in total. The number of benzene rings is 1. The topological polar surface area (TPSA) is 29.5 Å². The number of carbonyl (C=O) groups is 1. The van der Waals surface area contributed by atoms with Crippen LogP contribution in [0.3, 0.4) is 0 Å². The lowest BCUT2D eigenvalue weighted by Gasteiger charge is -2.49. The molecule has 0 bridgehead atoms. The summed E-state index contributed by atoms with van der Waals surface area (Å²) in [7, 11) is 1.45. The average Bonchev–Trinajstić information content (AvgIpc) is 2.36. The monoisotopic (exact) mass is 261 g/mol. The van der Waals surface area contributed by atoms with E-state index in [1.54, 1.807) is 0 Å². The maximum atomic E-state index is 11.9. The molecule has 0 aliphatic carbocycles. The van der Waals surface area contributed by atoms with Gasteiger partial charge < -0.3 is 9.64 Å². The highest BCUT2D eigenvalue weighted by molar-refractivity contribution is 5.81. The third kappa shape index (κ3) is 2.34. The Morgan fingerprint density at radius 2 is 2.05 bits per heavy atom. The number of fused-ring (bicyclic) bond motifs is 1. The summed E-state index contributed by atoms with van der Waals surface area (Å²) >= 11 is 0. The molecule has 0 fully saturated rings. The van der Waals surface area contributed by atoms with Crippen LogP contribution in [0.25, 0.3) is 0 Å². The number of carbonyl (C=O) groups excluding carboxylic acids is 1. The Hall–Kier alpha value is -1.51. The molecule has 0 saturated heterocycles. The second-order valence-electron chi connectivity index (χ2n) is 6.05. The van der Waals surface area contributed by atoms with E-state index >= 15 is 0 Å². The van der Waals surface area contributed by atoms with Gasteiger partial charge in [-0.2, -0.15) is 0 Å². The van der Waals surface area contributed by atoms with Gasteiger partial charge in [-0.3, -0.25) is 0 Å². The van der Waals surface area contributed by atoms with Gasteiger partial charge in [-0.15, -0.1) is 0 Å². The first-order valence-electron chi connectivity index (χ1n) is 6.84. The van der Waals surface area contributed by atoms with E-state index in [4.69, 9.17) is 4.74 Å². The zero-order valence-electron chi connectivity index (χ0n) is 12.4. The summed E-state index contributed by atoms with van der Waals surface area (Å²) in [4.78, 5) is 14.1. The summed E-state index contributed by atoms with van der Waals surface area (Å²) in [6.07, 6.45) is 1.03. The van der Waals surface area contributed by atoms with Crippen LogP contribution in [0.1, 0.15) is 45.6 Å². The lowest BCUT2D eigenvalue weighted by molar-refractivity contribution is -0.142. The highest BCUT2D eigenvalue weighted by atomic mass is 16.5. The number of hydrogen-bond donors (Lipinski definition) is 0. The van der Waals surface area contributed by atoms with E-state index < -0.39 is 0 Å². The Balaban J connectivity index is 2.50. The van der Waals surface area contributed by atoms with Crippen molar-refractivity contribution in [1.29, 1.82) is 0 Å². The van der Waals surface area contributed by atoms with Gasteiger partial charge in [-0.1, -0.05) is 25.1 Å². The molecule has 2 rings (SSSR count). The molecule has 1 aromatic carbocycles. The number of nitrogens with zero attached hydrogens (tertiary/aromatic N) is 1. The Kier molecular flexibility index (Phi) is 3.57. The first-order valence-corrected chi connectivity index (χ1v) is 6.84. The van der Waals surface area contributed by atoms with Crippen molar-refractivity contribution in [1.82, 2.24) is 0 Å². The standard InChI is InChI=1S/C16H23NO2/c1-11-10-16(3,4)17(12(2)15(18)19-5)14-9-7-6-8-13(11)14/h6-9,11-12H,10H2,1-5H3. The predicted octanol–water partition coefficient (Wildman–Crippen LogP) is 3.34. The lowest BCUT2D eigenvalue weighted by atomic mass is 9.79. The van der Waals surface area contributed by atoms with Crippen molar-refractivity contribution in [3.8, 4) is 0 Å². The highest BCUT2D eigenvalue weighted by Crippen LogP contribution is 2.44. The van der Waals surface area contributed by atoms with E-state index in [0.717, 1.165) is 12.1 Å². The quantitative estimate of drug-likeness (QED) is 0.765. The summed E-state index contributed by atoms with van der Waals surface area (Å²) in [5, 5.41) is 0. The summed E-state index contributed by atoms with van der Waals surface area (Å²) in [5.41, 5.74) is 2.42. The lowest BCUT2D eigenvalue weighted by Crippen LogP contribution is -2.55. The van der Waals surface area contributed by atoms with Gasteiger partial charge in [0, 0.05) is 11.2 Å². The van der Waals surface area contributed by atoms with Gasteiger partial charge in [0.05, 0.1) is 7.11 Å². The maximum Gasteiger partial charge on any atom is 0.328 e. The smallest absolute Gasteiger partial charge is 0.328 e. The molecule has 0 spiro atoms. The minimum absolute atomic E-state index is 0.0542. The maximum absolute atomic E-state index is 11.9. The number of ether oxygens (including phenoxy) is 1. The van der Waals surface area contributed by atoms with E-state index in [1.165, 1.54) is 12.7 Å². The molecular formula is C16H23NO2. The Bertz CT molecular complexity index is 481. The number of anilines is 1. The fraction of sp³-hybridized carbons (Fsp3) is 0.562. The molecule has 2 atom stereocenters. The minimum atomic E-state index is -0.270. The van der Waals surface area contributed by atoms with Crippen LogP contribution in [-0.4, -0.2) is 24.7 Å². The van der Waals surface area contributed by atoms with Gasteiger partial charge in [0.25, 0.3) is 0 Å². The predicted molar refractivity (Wildman–Crippen MR) is 77.5 cm³/mol. The van der Waals surface area contributed by atoms with Gasteiger partial charge >= 0.3 is 5.97 Å². The van der Waals surface area contributed by atoms with Crippen molar-refractivity contribution in [3.63, 3.8) is 0 Å². The number of para-hydroxylation sites is 1. The number of esters is 1. The van der Waals surface area contributed by atoms with E-state index in [9.17, 15) is 4.79 Å². The SMILES string of the molecule is COC(=O)C(C)N1c2ccccc2C(C)CC1(C)C. The van der Waals surface area contributed by atoms with Crippen LogP contribution in [0, 0.1) is 0 Å². The van der Waals surface area contributed by atoms with Crippen LogP contribution in [0.15, 0.2) is 24.3 Å². The number of rotatable bonds is 2. The summed E-state index contributed by atoms with van der Waals surface area (Å²) < 4.78 is 4.92. The van der Waals surface area contributed by atoms with Crippen LogP contribution < -0.4 is 4.90 Å². The summed E-state index contributed by atoms with van der Waals surface area (Å²) in [5.74, 6) is 0.324. The fourth-order valence-corrected chi connectivity index (χ4v) is 3.42. The van der Waals surface area contributed by atoms with Crippen molar-refractivity contribution in [2.75, 3.05) is 12.0 Å². The zero-order valence-corrected chi connectivity index (χ0v) is 12.4. The van der Waals surface area contributed by atoms with Gasteiger partial charge in [-0.25, -0.2) is 4.79 Å². The Labute approximate surface area is 115 Å². The van der Waals surface area contributed by atoms with Gasteiger partial charge in [0.2, 0.25) is 0 Å². The van der Waals surface area contributed by atoms with Crippen LogP contribution in [0.5, 0.6) is 0 Å². The van der Waals surface area contributed by atoms with Crippen LogP contribution in [0.4, 0.5) is 5.69 Å². The van der Waals surface area contributed by atoms with Gasteiger partial charge in [0.1, 0.15) is 6.04 Å². The molecule has 1 aliphatic heterocycles.